The van der Waals surface area contributed by atoms with Gasteiger partial charge in [-0.1, -0.05) is 31.5 Å². The van der Waals surface area contributed by atoms with E-state index in [4.69, 9.17) is 13.9 Å². The van der Waals surface area contributed by atoms with Crippen LogP contribution in [0.1, 0.15) is 32.6 Å². The molecule has 0 radical (unpaired) electrons. The first-order valence-corrected chi connectivity index (χ1v) is 9.83. The van der Waals surface area contributed by atoms with Gasteiger partial charge in [-0.3, -0.25) is 4.79 Å². The number of hydrogen-bond donors (Lipinski definition) is 1. The lowest BCUT2D eigenvalue weighted by Crippen LogP contribution is -2.41. The van der Waals surface area contributed by atoms with Gasteiger partial charge in [0.15, 0.2) is 11.5 Å². The summed E-state index contributed by atoms with van der Waals surface area (Å²) in [5.74, 6) is 2.58. The number of thioether (sulfide) groups is 1. The molecule has 7 nitrogen and oxygen atoms in total. The van der Waals surface area contributed by atoms with Crippen molar-refractivity contribution in [3.05, 3.63) is 18.2 Å². The Kier molecular flexibility index (Phi) is 5.01. The first-order valence-electron chi connectivity index (χ1n) is 8.85. The Hall–Kier alpha value is -2.22. The highest BCUT2D eigenvalue weighted by molar-refractivity contribution is 7.99. The summed E-state index contributed by atoms with van der Waals surface area (Å²) in [5.41, 5.74) is 0.758. The fourth-order valence-electron chi connectivity index (χ4n) is 3.32. The van der Waals surface area contributed by atoms with E-state index in [1.165, 1.54) is 31.0 Å². The molecule has 2 aromatic rings. The van der Waals surface area contributed by atoms with E-state index in [1.807, 2.05) is 18.2 Å². The highest BCUT2D eigenvalue weighted by Gasteiger charge is 2.23. The molecule has 2 aliphatic rings. The Morgan fingerprint density at radius 2 is 2.08 bits per heavy atom. The molecule has 1 aliphatic heterocycles. The number of carbonyl (C=O) groups excluding carboxylic acids is 1. The number of rotatable bonds is 5. The van der Waals surface area contributed by atoms with Crippen LogP contribution < -0.4 is 14.8 Å². The molecule has 1 amide bonds. The Morgan fingerprint density at radius 3 is 2.96 bits per heavy atom. The fourth-order valence-corrected chi connectivity index (χ4v) is 3.90. The number of nitrogens with one attached hydrogen (secondary N) is 1. The molecule has 0 unspecified atom stereocenters. The van der Waals surface area contributed by atoms with Gasteiger partial charge in [-0.05, 0) is 37.0 Å². The molecule has 1 aromatic carbocycles. The molecule has 1 N–H and O–H groups in total. The number of amides is 1. The highest BCUT2D eigenvalue weighted by atomic mass is 32.2. The molecule has 138 valence electrons. The van der Waals surface area contributed by atoms with E-state index >= 15 is 0 Å². The van der Waals surface area contributed by atoms with E-state index < -0.39 is 0 Å². The average Bonchev–Trinajstić information content (AvgIpc) is 3.30. The second-order valence-electron chi connectivity index (χ2n) is 6.67. The summed E-state index contributed by atoms with van der Waals surface area (Å²) in [5, 5.41) is 11.6. The average molecular weight is 375 g/mol. The maximum Gasteiger partial charge on any atom is 0.277 e. The van der Waals surface area contributed by atoms with Crippen LogP contribution in [0.4, 0.5) is 0 Å². The van der Waals surface area contributed by atoms with Crippen molar-refractivity contribution in [3.8, 4) is 23.0 Å². The quantitative estimate of drug-likeness (QED) is 0.803. The number of carbonyl (C=O) groups is 1. The van der Waals surface area contributed by atoms with Crippen LogP contribution in [0.5, 0.6) is 11.5 Å². The van der Waals surface area contributed by atoms with Crippen LogP contribution in [0.3, 0.4) is 0 Å². The number of ether oxygens (including phenoxy) is 2. The number of fused-ring (bicyclic) bond motifs is 1. The van der Waals surface area contributed by atoms with Gasteiger partial charge in [0.05, 0.1) is 5.75 Å². The van der Waals surface area contributed by atoms with Crippen molar-refractivity contribution < 1.29 is 18.7 Å². The Labute approximate surface area is 155 Å². The van der Waals surface area contributed by atoms with Crippen LogP contribution in [0.25, 0.3) is 11.5 Å². The van der Waals surface area contributed by atoms with Crippen molar-refractivity contribution in [2.75, 3.05) is 12.5 Å². The van der Waals surface area contributed by atoms with Gasteiger partial charge in [0.2, 0.25) is 18.6 Å². The van der Waals surface area contributed by atoms with Crippen LogP contribution in [0.15, 0.2) is 27.8 Å². The molecule has 1 saturated carbocycles. The Bertz CT molecular complexity index is 794. The van der Waals surface area contributed by atoms with Gasteiger partial charge in [0.25, 0.3) is 5.22 Å². The lowest BCUT2D eigenvalue weighted by Gasteiger charge is -2.29. The van der Waals surface area contributed by atoms with Gasteiger partial charge in [-0.15, -0.1) is 10.2 Å². The van der Waals surface area contributed by atoms with Crippen molar-refractivity contribution in [2.45, 2.75) is 43.9 Å². The molecule has 26 heavy (non-hydrogen) atoms. The van der Waals surface area contributed by atoms with Crippen molar-refractivity contribution in [1.29, 1.82) is 0 Å². The molecule has 0 saturated heterocycles. The minimum absolute atomic E-state index is 0.0107. The monoisotopic (exact) mass is 375 g/mol. The van der Waals surface area contributed by atoms with Crippen LogP contribution in [0, 0.1) is 5.92 Å². The molecule has 2 heterocycles. The summed E-state index contributed by atoms with van der Waals surface area (Å²) in [7, 11) is 0. The molecule has 1 fully saturated rings. The first-order chi connectivity index (χ1) is 12.7. The highest BCUT2D eigenvalue weighted by Crippen LogP contribution is 2.36. The second kappa shape index (κ2) is 7.57. The number of aromatic nitrogens is 2. The van der Waals surface area contributed by atoms with E-state index in [0.717, 1.165) is 12.0 Å². The maximum atomic E-state index is 12.2. The zero-order valence-electron chi connectivity index (χ0n) is 14.6. The Balaban J connectivity index is 1.33. The zero-order valence-corrected chi connectivity index (χ0v) is 15.4. The summed E-state index contributed by atoms with van der Waals surface area (Å²) in [6.07, 6.45) is 4.69. The van der Waals surface area contributed by atoms with Gasteiger partial charge >= 0.3 is 0 Å². The smallest absolute Gasteiger partial charge is 0.277 e. The van der Waals surface area contributed by atoms with E-state index in [9.17, 15) is 4.79 Å². The van der Waals surface area contributed by atoms with Gasteiger partial charge in [0.1, 0.15) is 0 Å². The topological polar surface area (TPSA) is 86.5 Å². The molecule has 1 aliphatic carbocycles. The predicted octanol–water partition coefficient (Wildman–Crippen LogP) is 3.25. The molecular weight excluding hydrogens is 354 g/mol. The van der Waals surface area contributed by atoms with E-state index in [1.54, 1.807) is 0 Å². The number of hydrogen-bond acceptors (Lipinski definition) is 7. The standard InChI is InChI=1S/C18H21N3O4S/c1-11-4-2-3-5-13(11)19-16(22)9-26-18-21-20-17(25-18)12-6-7-14-15(8-12)24-10-23-14/h6-8,11,13H,2-5,9-10H2,1H3,(H,19,22)/t11-,13+/m0/s1. The van der Waals surface area contributed by atoms with E-state index in [2.05, 4.69) is 22.4 Å². The molecule has 0 bridgehead atoms. The van der Waals surface area contributed by atoms with Crippen molar-refractivity contribution in [2.24, 2.45) is 5.92 Å². The number of benzene rings is 1. The van der Waals surface area contributed by atoms with E-state index in [0.29, 0.717) is 28.5 Å². The summed E-state index contributed by atoms with van der Waals surface area (Å²) < 4.78 is 16.3. The third kappa shape index (κ3) is 3.80. The van der Waals surface area contributed by atoms with Gasteiger partial charge in [-0.2, -0.15) is 0 Å². The minimum atomic E-state index is 0.0107. The Morgan fingerprint density at radius 1 is 1.23 bits per heavy atom. The van der Waals surface area contributed by atoms with Crippen LogP contribution in [-0.4, -0.2) is 34.7 Å². The van der Waals surface area contributed by atoms with Gasteiger partial charge in [0, 0.05) is 11.6 Å². The van der Waals surface area contributed by atoms with Gasteiger partial charge in [-0.25, -0.2) is 0 Å². The zero-order chi connectivity index (χ0) is 17.9. The first kappa shape index (κ1) is 17.2. The predicted molar refractivity (Wildman–Crippen MR) is 96.1 cm³/mol. The van der Waals surface area contributed by atoms with Crippen LogP contribution in [0.2, 0.25) is 0 Å². The molecule has 4 rings (SSSR count). The molecule has 2 atom stereocenters. The summed E-state index contributed by atoms with van der Waals surface area (Å²) in [6, 6.07) is 5.74. The lowest BCUT2D eigenvalue weighted by molar-refractivity contribution is -0.119. The van der Waals surface area contributed by atoms with Crippen molar-refractivity contribution in [3.63, 3.8) is 0 Å². The normalized spacial score (nSPS) is 21.6. The fraction of sp³-hybridized carbons (Fsp3) is 0.500. The largest absolute Gasteiger partial charge is 0.454 e. The van der Waals surface area contributed by atoms with E-state index in [-0.39, 0.29) is 24.5 Å². The third-order valence-corrected chi connectivity index (χ3v) is 5.63. The summed E-state index contributed by atoms with van der Waals surface area (Å²) >= 11 is 1.25. The van der Waals surface area contributed by atoms with Crippen LogP contribution >= 0.6 is 11.8 Å². The second-order valence-corrected chi connectivity index (χ2v) is 7.59. The molecular formula is C18H21N3O4S. The summed E-state index contributed by atoms with van der Waals surface area (Å²) in [6.45, 7) is 2.42. The molecule has 0 spiro atoms. The molecule has 1 aromatic heterocycles. The lowest BCUT2D eigenvalue weighted by atomic mass is 9.86. The number of nitrogens with zero attached hydrogens (tertiary/aromatic N) is 2. The maximum absolute atomic E-state index is 12.2. The third-order valence-electron chi connectivity index (χ3n) is 4.81. The van der Waals surface area contributed by atoms with Crippen molar-refractivity contribution >= 4 is 17.7 Å². The van der Waals surface area contributed by atoms with Gasteiger partial charge < -0.3 is 19.2 Å². The SMILES string of the molecule is C[C@H]1CCCC[C@H]1NC(=O)CSc1nnc(-c2ccc3c(c2)OCO3)o1. The van der Waals surface area contributed by atoms with Crippen molar-refractivity contribution in [1.82, 2.24) is 15.5 Å². The summed E-state index contributed by atoms with van der Waals surface area (Å²) in [4.78, 5) is 12.2. The van der Waals surface area contributed by atoms with Crippen LogP contribution in [-0.2, 0) is 4.79 Å². The minimum Gasteiger partial charge on any atom is -0.454 e. The molecule has 8 heteroatoms.